The number of likely N-dealkylation sites (N-methyl/N-ethyl adjacent to an activating group) is 1. The Balaban J connectivity index is 1.61. The summed E-state index contributed by atoms with van der Waals surface area (Å²) in [4.78, 5) is 104. The Morgan fingerprint density at radius 2 is 1.22 bits per heavy atom. The highest BCUT2D eigenvalue weighted by atomic mass is 16.4. The largest absolute Gasteiger partial charge is 0.508 e. The molecule has 0 radical (unpaired) electrons. The Labute approximate surface area is 374 Å². The quantitative estimate of drug-likeness (QED) is 0.0297. The number of unbranched alkanes of at least 4 members (excludes halogenated alkanes) is 1. The van der Waals surface area contributed by atoms with Crippen molar-refractivity contribution in [1.82, 2.24) is 36.8 Å². The minimum Gasteiger partial charge on any atom is -0.508 e. The van der Waals surface area contributed by atoms with Crippen LogP contribution >= 0.6 is 0 Å². The molecule has 0 aliphatic heterocycles. The lowest BCUT2D eigenvalue weighted by Crippen LogP contribution is -2.62. The second-order valence-electron chi connectivity index (χ2n) is 14.8. The number of benzene rings is 3. The van der Waals surface area contributed by atoms with E-state index < -0.39 is 110 Å². The van der Waals surface area contributed by atoms with Gasteiger partial charge in [0.15, 0.2) is 12.3 Å². The highest BCUT2D eigenvalue weighted by Gasteiger charge is 2.33. The molecule has 6 atom stereocenters. The van der Waals surface area contributed by atoms with Gasteiger partial charge in [0.2, 0.25) is 29.5 Å². The minimum absolute atomic E-state index is 0.106. The fourth-order valence-electron chi connectivity index (χ4n) is 5.97. The number of nitrogens with zero attached hydrogens (tertiary/aromatic N) is 1. The Hall–Kier alpha value is -6.96. The van der Waals surface area contributed by atoms with Crippen LogP contribution in [-0.2, 0) is 46.4 Å². The predicted octanol–water partition coefficient (Wildman–Crippen LogP) is -4.75. The SMILES string of the molecule is CCCCc1ccc(-c2ccc(C(=O)N[C@H](CO)C(=O)N[C@H](N)C(=O)NCC(=O)N(C)C(Cc3ccc(O)cc3)C(=O)N[C@@H](N)C(=O)N[C@@H](CC(N)=O)C(=O)N[C@@H](N)B(O)O)cc2)cc1. The van der Waals surface area contributed by atoms with Crippen LogP contribution in [0.1, 0.15) is 47.7 Å². The van der Waals surface area contributed by atoms with E-state index in [1.54, 1.807) is 24.3 Å². The lowest BCUT2D eigenvalue weighted by molar-refractivity contribution is -0.140. The molecule has 0 spiro atoms. The number of carbonyl (C=O) groups is 8. The van der Waals surface area contributed by atoms with Crippen LogP contribution in [0.2, 0.25) is 0 Å². The Kier molecular flexibility index (Phi) is 20.4. The maximum atomic E-state index is 13.6. The molecule has 0 saturated heterocycles. The summed E-state index contributed by atoms with van der Waals surface area (Å²) in [6.45, 7) is 0.487. The van der Waals surface area contributed by atoms with E-state index >= 15 is 0 Å². The molecule has 18 N–H and O–H groups in total. The van der Waals surface area contributed by atoms with Crippen molar-refractivity contribution in [2.45, 2.75) is 75.6 Å². The number of amides is 8. The van der Waals surface area contributed by atoms with E-state index in [0.717, 1.165) is 35.3 Å². The first kappa shape index (κ1) is 52.4. The van der Waals surface area contributed by atoms with Gasteiger partial charge in [-0.2, -0.15) is 0 Å². The fraction of sp³-hybridized carbons (Fsp3) is 0.366. The maximum absolute atomic E-state index is 13.6. The van der Waals surface area contributed by atoms with E-state index in [2.05, 4.69) is 45.6 Å². The number of nitrogens with one attached hydrogen (secondary N) is 6. The highest BCUT2D eigenvalue weighted by molar-refractivity contribution is 6.43. The Bertz CT molecular complexity index is 2130. The van der Waals surface area contributed by atoms with Gasteiger partial charge < -0.3 is 80.0 Å². The molecule has 0 aromatic heterocycles. The number of carbonyl (C=O) groups excluding carboxylic acids is 8. The standard InChI is InChI=1S/C41H56BN11O12/c1-3-4-5-22-6-10-24(11-7-22)25-12-14-26(15-13-25)35(58)49-29(21-54)37(60)50-33(44)39(62)47-20-32(57)53(2)30(18-23-8-16-27(55)17-9-23)38(61)51-34(45)40(63)48-28(19-31(43)56)36(59)52-41(46)42(64)65/h6-17,28-30,33-34,41,54-55,64-65H,3-5,18-21,44-46H2,1-2H3,(H2,43,56)(H,47,62)(H,48,63)(H,49,58)(H,50,60)(H,51,61)(H,52,59)/t28-,29+,30?,33-,34+,41+/m0/s1. The van der Waals surface area contributed by atoms with Gasteiger partial charge in [-0.05, 0) is 59.4 Å². The topological polar surface area (TPSA) is 397 Å². The van der Waals surface area contributed by atoms with Gasteiger partial charge in [-0.25, -0.2) is 0 Å². The molecule has 8 amide bonds. The average Bonchev–Trinajstić information content (AvgIpc) is 3.28. The summed E-state index contributed by atoms with van der Waals surface area (Å²) in [5.41, 5.74) is 25.9. The zero-order valence-electron chi connectivity index (χ0n) is 35.7. The number of aliphatic hydroxyl groups is 1. The number of aliphatic hydroxyl groups excluding tert-OH is 1. The van der Waals surface area contributed by atoms with E-state index in [1.165, 1.54) is 36.9 Å². The monoisotopic (exact) mass is 905 g/mol. The Morgan fingerprint density at radius 1 is 0.677 bits per heavy atom. The third-order valence-corrected chi connectivity index (χ3v) is 9.83. The number of hydrogen-bond acceptors (Lipinski definition) is 15. The average molecular weight is 906 g/mol. The molecule has 24 heteroatoms. The smallest absolute Gasteiger partial charge is 0.490 e. The number of aromatic hydroxyl groups is 1. The van der Waals surface area contributed by atoms with Crippen LogP contribution in [0, 0.1) is 0 Å². The number of phenols is 1. The lowest BCUT2D eigenvalue weighted by Gasteiger charge is -2.29. The lowest BCUT2D eigenvalue weighted by atomic mass is 9.86. The van der Waals surface area contributed by atoms with Gasteiger partial charge >= 0.3 is 7.12 Å². The van der Waals surface area contributed by atoms with Crippen LogP contribution in [0.3, 0.4) is 0 Å². The summed E-state index contributed by atoms with van der Waals surface area (Å²) in [5.74, 6) is -8.21. The van der Waals surface area contributed by atoms with E-state index in [-0.39, 0.29) is 17.7 Å². The molecule has 3 aromatic rings. The number of hydrogen-bond donors (Lipinski definition) is 14. The van der Waals surface area contributed by atoms with Crippen LogP contribution in [0.25, 0.3) is 11.1 Å². The van der Waals surface area contributed by atoms with Crippen LogP contribution in [0.5, 0.6) is 5.75 Å². The van der Waals surface area contributed by atoms with Gasteiger partial charge in [-0.1, -0.05) is 61.9 Å². The minimum atomic E-state index is -2.20. The molecule has 0 heterocycles. The molecule has 0 aliphatic rings. The second-order valence-corrected chi connectivity index (χ2v) is 14.8. The molecule has 0 bridgehead atoms. The van der Waals surface area contributed by atoms with Gasteiger partial charge in [0.05, 0.1) is 19.6 Å². The molecule has 65 heavy (non-hydrogen) atoms. The molecule has 1 unspecified atom stereocenters. The number of primary amides is 1. The van der Waals surface area contributed by atoms with E-state index in [0.29, 0.717) is 5.56 Å². The van der Waals surface area contributed by atoms with E-state index in [1.807, 2.05) is 17.4 Å². The zero-order chi connectivity index (χ0) is 48.4. The van der Waals surface area contributed by atoms with E-state index in [4.69, 9.17) is 33.0 Å². The normalized spacial score (nSPS) is 13.6. The van der Waals surface area contributed by atoms with Gasteiger partial charge in [0, 0.05) is 19.0 Å². The summed E-state index contributed by atoms with van der Waals surface area (Å²) < 4.78 is 0. The van der Waals surface area contributed by atoms with Crippen molar-refractivity contribution < 1.29 is 58.6 Å². The summed E-state index contributed by atoms with van der Waals surface area (Å²) in [6.07, 6.45) is -1.55. The molecule has 23 nitrogen and oxygen atoms in total. The second kappa shape index (κ2) is 25.4. The fourth-order valence-corrected chi connectivity index (χ4v) is 5.97. The maximum Gasteiger partial charge on any atom is 0.490 e. The summed E-state index contributed by atoms with van der Waals surface area (Å²) in [6, 6.07) is 13.8. The molecule has 0 aliphatic carbocycles. The Morgan fingerprint density at radius 3 is 1.77 bits per heavy atom. The van der Waals surface area contributed by atoms with Crippen LogP contribution in [0.15, 0.2) is 72.8 Å². The predicted molar refractivity (Wildman–Crippen MR) is 234 cm³/mol. The number of rotatable bonds is 24. The van der Waals surface area contributed by atoms with Crippen LogP contribution < -0.4 is 54.8 Å². The molecule has 3 rings (SSSR count). The first-order chi connectivity index (χ1) is 30.7. The first-order valence-corrected chi connectivity index (χ1v) is 20.3. The van der Waals surface area contributed by atoms with Crippen LogP contribution in [0.4, 0.5) is 0 Å². The van der Waals surface area contributed by atoms with E-state index in [9.17, 15) is 48.6 Å². The zero-order valence-corrected chi connectivity index (χ0v) is 35.7. The molecule has 0 saturated carbocycles. The first-order valence-electron chi connectivity index (χ1n) is 20.3. The van der Waals surface area contributed by atoms with Crippen molar-refractivity contribution in [2.24, 2.45) is 22.9 Å². The number of nitrogens with two attached hydrogens (primary N) is 4. The molecule has 0 fully saturated rings. The van der Waals surface area contributed by atoms with Crippen LogP contribution in [-0.4, -0.2) is 136 Å². The molecule has 3 aromatic carbocycles. The molecular formula is C41H56BN11O12. The van der Waals surface area contributed by atoms with Gasteiger partial charge in [0.25, 0.3) is 17.7 Å². The third kappa shape index (κ3) is 16.6. The van der Waals surface area contributed by atoms with Crippen molar-refractivity contribution in [1.29, 1.82) is 0 Å². The van der Waals surface area contributed by atoms with Gasteiger partial charge in [-0.15, -0.1) is 0 Å². The van der Waals surface area contributed by atoms with Crippen molar-refractivity contribution in [3.05, 3.63) is 89.5 Å². The molecular weight excluding hydrogens is 849 g/mol. The van der Waals surface area contributed by atoms with Crippen molar-refractivity contribution in [3.8, 4) is 16.9 Å². The number of aryl methyl sites for hydroxylation is 1. The highest BCUT2D eigenvalue weighted by Crippen LogP contribution is 2.21. The summed E-state index contributed by atoms with van der Waals surface area (Å²) >= 11 is 0. The number of phenolic OH excluding ortho intramolecular Hbond substituents is 1. The van der Waals surface area contributed by atoms with Crippen molar-refractivity contribution in [2.75, 3.05) is 20.2 Å². The van der Waals surface area contributed by atoms with Gasteiger partial charge in [-0.3, -0.25) is 38.4 Å². The summed E-state index contributed by atoms with van der Waals surface area (Å²) in [7, 11) is -1.02. The van der Waals surface area contributed by atoms with Crippen molar-refractivity contribution in [3.63, 3.8) is 0 Å². The third-order valence-electron chi connectivity index (χ3n) is 9.83. The van der Waals surface area contributed by atoms with Gasteiger partial charge in [0.1, 0.15) is 29.9 Å². The summed E-state index contributed by atoms with van der Waals surface area (Å²) in [5, 5.41) is 51.0. The molecule has 350 valence electrons. The van der Waals surface area contributed by atoms with Crippen molar-refractivity contribution >= 4 is 54.4 Å².